The number of nitrogens with zero attached hydrogens (tertiary/aromatic N) is 1. The number of aliphatic hydroxyl groups is 1. The zero-order valence-electron chi connectivity index (χ0n) is 12.4. The maximum Gasteiger partial charge on any atom is 0.416 e. The summed E-state index contributed by atoms with van der Waals surface area (Å²) in [6.45, 7) is 4.02. The first kappa shape index (κ1) is 18.9. The van der Waals surface area contributed by atoms with Gasteiger partial charge in [0.2, 0.25) is 0 Å². The topological polar surface area (TPSA) is 37.3 Å². The third-order valence-corrected chi connectivity index (χ3v) is 4.37. The number of halogens is 4. The zero-order valence-corrected chi connectivity index (χ0v) is 13.2. The first-order valence-electron chi connectivity index (χ1n) is 6.89. The summed E-state index contributed by atoms with van der Waals surface area (Å²) in [6.07, 6.45) is -4.39. The van der Waals surface area contributed by atoms with E-state index in [-0.39, 0.29) is 35.3 Å². The molecule has 3 unspecified atom stereocenters. The van der Waals surface area contributed by atoms with E-state index < -0.39 is 17.8 Å². The Morgan fingerprint density at radius 1 is 1.32 bits per heavy atom. The van der Waals surface area contributed by atoms with Gasteiger partial charge in [-0.3, -0.25) is 9.28 Å². The molecule has 0 amide bonds. The molecular weight excluding hydrogens is 319 g/mol. The summed E-state index contributed by atoms with van der Waals surface area (Å²) in [5.74, 6) is -0.0455. The second-order valence-corrected chi connectivity index (χ2v) is 5.76. The van der Waals surface area contributed by atoms with Crippen LogP contribution in [0.3, 0.4) is 0 Å². The van der Waals surface area contributed by atoms with Gasteiger partial charge in [-0.25, -0.2) is 0 Å². The molecule has 1 aliphatic rings. The molecule has 3 atom stereocenters. The number of ketones is 1. The van der Waals surface area contributed by atoms with E-state index in [0.29, 0.717) is 18.7 Å². The van der Waals surface area contributed by atoms with Crippen LogP contribution in [0.5, 0.6) is 0 Å². The van der Waals surface area contributed by atoms with Crippen LogP contribution in [-0.4, -0.2) is 36.1 Å². The van der Waals surface area contributed by atoms with Crippen molar-refractivity contribution < 1.29 is 23.1 Å². The van der Waals surface area contributed by atoms with E-state index in [1.54, 1.807) is 0 Å². The van der Waals surface area contributed by atoms with Crippen LogP contribution in [0.25, 0.3) is 0 Å². The van der Waals surface area contributed by atoms with Gasteiger partial charge in [-0.1, -0.05) is 0 Å². The SMILES string of the molecule is CC(=O)C[N+]1(c2ccc(C(F)(F)F)cc2)CCC(O)C1C.Cl. The molecule has 1 aliphatic heterocycles. The molecule has 124 valence electrons. The number of alkyl halides is 3. The van der Waals surface area contributed by atoms with Gasteiger partial charge in [0.25, 0.3) is 0 Å². The number of rotatable bonds is 3. The van der Waals surface area contributed by atoms with Gasteiger partial charge in [0, 0.05) is 13.3 Å². The van der Waals surface area contributed by atoms with E-state index in [1.165, 1.54) is 19.1 Å². The number of aliphatic hydroxyl groups excluding tert-OH is 1. The largest absolute Gasteiger partial charge is 0.416 e. The van der Waals surface area contributed by atoms with Gasteiger partial charge in [-0.2, -0.15) is 13.2 Å². The molecule has 1 heterocycles. The number of benzene rings is 1. The average molecular weight is 339 g/mol. The van der Waals surface area contributed by atoms with Crippen LogP contribution >= 0.6 is 12.4 Å². The molecule has 1 aromatic rings. The van der Waals surface area contributed by atoms with Crippen LogP contribution in [0.4, 0.5) is 18.9 Å². The molecule has 1 N–H and O–H groups in total. The summed E-state index contributed by atoms with van der Waals surface area (Å²) in [4.78, 5) is 11.6. The maximum atomic E-state index is 12.6. The predicted molar refractivity (Wildman–Crippen MR) is 81.0 cm³/mol. The van der Waals surface area contributed by atoms with E-state index in [0.717, 1.165) is 12.1 Å². The van der Waals surface area contributed by atoms with Gasteiger partial charge in [-0.05, 0) is 31.2 Å². The Morgan fingerprint density at radius 3 is 2.23 bits per heavy atom. The van der Waals surface area contributed by atoms with E-state index in [2.05, 4.69) is 0 Å². The van der Waals surface area contributed by atoms with Gasteiger partial charge in [0.15, 0.2) is 5.78 Å². The second-order valence-electron chi connectivity index (χ2n) is 5.76. The lowest BCUT2D eigenvalue weighted by molar-refractivity contribution is -0.137. The fourth-order valence-corrected chi connectivity index (χ4v) is 3.16. The number of quaternary nitrogens is 1. The smallest absolute Gasteiger partial charge is 0.387 e. The third kappa shape index (κ3) is 3.45. The molecule has 1 saturated heterocycles. The number of Topliss-reactive ketones (excluding diaryl/α,β-unsaturated/α-hetero) is 1. The third-order valence-electron chi connectivity index (χ3n) is 4.37. The zero-order chi connectivity index (χ0) is 15.8. The number of likely N-dealkylation sites (tertiary alicyclic amines) is 1. The summed E-state index contributed by atoms with van der Waals surface area (Å²) in [7, 11) is 0. The van der Waals surface area contributed by atoms with Crippen molar-refractivity contribution in [2.45, 2.75) is 38.6 Å². The van der Waals surface area contributed by atoms with Crippen LogP contribution in [-0.2, 0) is 11.0 Å². The summed E-state index contributed by atoms with van der Waals surface area (Å²) < 4.78 is 38.1. The summed E-state index contributed by atoms with van der Waals surface area (Å²) in [5, 5.41) is 9.98. The van der Waals surface area contributed by atoms with Crippen molar-refractivity contribution in [2.75, 3.05) is 13.1 Å². The highest BCUT2D eigenvalue weighted by atomic mass is 35.5. The van der Waals surface area contributed by atoms with Crippen molar-refractivity contribution >= 4 is 23.9 Å². The lowest BCUT2D eigenvalue weighted by Gasteiger charge is -2.38. The molecule has 3 nitrogen and oxygen atoms in total. The Hall–Kier alpha value is -1.11. The standard InChI is InChI=1S/C15H19F3NO2.ClH/c1-10(20)9-19(8-7-14(21)11(19)2)13-5-3-12(4-6-13)15(16,17)18;/h3-6,11,14,21H,7-9H2,1-2H3;1H/q+1;. The van der Waals surface area contributed by atoms with Crippen molar-refractivity contribution in [2.24, 2.45) is 0 Å². The number of carbonyl (C=O) groups is 1. The monoisotopic (exact) mass is 338 g/mol. The summed E-state index contributed by atoms with van der Waals surface area (Å²) >= 11 is 0. The van der Waals surface area contributed by atoms with Gasteiger partial charge >= 0.3 is 6.18 Å². The first-order valence-corrected chi connectivity index (χ1v) is 6.89. The molecule has 0 aromatic heterocycles. The molecule has 0 radical (unpaired) electrons. The van der Waals surface area contributed by atoms with Crippen LogP contribution < -0.4 is 4.48 Å². The van der Waals surface area contributed by atoms with E-state index in [4.69, 9.17) is 0 Å². The minimum absolute atomic E-state index is 0. The molecular formula is C15H20ClF3NO2+. The number of hydrogen-bond donors (Lipinski definition) is 1. The Morgan fingerprint density at radius 2 is 1.86 bits per heavy atom. The van der Waals surface area contributed by atoms with Crippen molar-refractivity contribution in [3.05, 3.63) is 29.8 Å². The molecule has 0 saturated carbocycles. The van der Waals surface area contributed by atoms with Crippen LogP contribution in [0, 0.1) is 0 Å². The molecule has 0 aliphatic carbocycles. The second kappa shape index (κ2) is 6.56. The molecule has 7 heteroatoms. The fraction of sp³-hybridized carbons (Fsp3) is 0.533. The summed E-state index contributed by atoms with van der Waals surface area (Å²) in [6, 6.07) is 4.69. The predicted octanol–water partition coefficient (Wildman–Crippen LogP) is 3.18. The normalized spacial score (nSPS) is 28.3. The van der Waals surface area contributed by atoms with Crippen molar-refractivity contribution in [3.8, 4) is 0 Å². The van der Waals surface area contributed by atoms with Crippen molar-refractivity contribution in [1.82, 2.24) is 4.48 Å². The highest BCUT2D eigenvalue weighted by Gasteiger charge is 2.47. The molecule has 0 bridgehead atoms. The van der Waals surface area contributed by atoms with E-state index in [1.807, 2.05) is 6.92 Å². The lowest BCUT2D eigenvalue weighted by Crippen LogP contribution is -2.56. The molecule has 1 aromatic carbocycles. The van der Waals surface area contributed by atoms with E-state index >= 15 is 0 Å². The van der Waals surface area contributed by atoms with Crippen molar-refractivity contribution in [1.29, 1.82) is 0 Å². The van der Waals surface area contributed by atoms with Gasteiger partial charge in [0.1, 0.15) is 24.4 Å². The Labute approximate surface area is 133 Å². The molecule has 0 spiro atoms. The van der Waals surface area contributed by atoms with Crippen LogP contribution in [0.1, 0.15) is 25.8 Å². The average Bonchev–Trinajstić information content (AvgIpc) is 2.67. The van der Waals surface area contributed by atoms with Gasteiger partial charge in [0.05, 0.1) is 12.1 Å². The van der Waals surface area contributed by atoms with Crippen LogP contribution in [0.15, 0.2) is 24.3 Å². The lowest BCUT2D eigenvalue weighted by atomic mass is 10.1. The van der Waals surface area contributed by atoms with Crippen LogP contribution in [0.2, 0.25) is 0 Å². The molecule has 22 heavy (non-hydrogen) atoms. The minimum Gasteiger partial charge on any atom is -0.387 e. The Bertz CT molecular complexity index is 533. The van der Waals surface area contributed by atoms with Gasteiger partial charge < -0.3 is 5.11 Å². The number of hydrogen-bond acceptors (Lipinski definition) is 2. The number of carbonyl (C=O) groups excluding carboxylic acids is 1. The molecule has 2 rings (SSSR count). The molecule has 1 fully saturated rings. The van der Waals surface area contributed by atoms with Crippen molar-refractivity contribution in [3.63, 3.8) is 0 Å². The van der Waals surface area contributed by atoms with E-state index in [9.17, 15) is 23.1 Å². The Kier molecular flexibility index (Phi) is 5.65. The Balaban J connectivity index is 0.00000242. The first-order chi connectivity index (χ1) is 9.67. The van der Waals surface area contributed by atoms with Gasteiger partial charge in [-0.15, -0.1) is 12.4 Å². The minimum atomic E-state index is -4.37. The summed E-state index contributed by atoms with van der Waals surface area (Å²) in [5.41, 5.74) is -0.0677. The quantitative estimate of drug-likeness (QED) is 0.859. The fourth-order valence-electron chi connectivity index (χ4n) is 3.16. The highest BCUT2D eigenvalue weighted by molar-refractivity contribution is 5.85. The highest BCUT2D eigenvalue weighted by Crippen LogP contribution is 2.37. The maximum absolute atomic E-state index is 12.6.